The molecular formula is C22H24N2O4. The van der Waals surface area contributed by atoms with Crippen LogP contribution in [0.5, 0.6) is 0 Å². The van der Waals surface area contributed by atoms with Crippen molar-refractivity contribution in [3.8, 4) is 0 Å². The monoisotopic (exact) mass is 380 g/mol. The van der Waals surface area contributed by atoms with Gasteiger partial charge in [-0.3, -0.25) is 9.59 Å². The van der Waals surface area contributed by atoms with Gasteiger partial charge in [-0.15, -0.1) is 0 Å². The summed E-state index contributed by atoms with van der Waals surface area (Å²) in [4.78, 5) is 38.5. The van der Waals surface area contributed by atoms with Gasteiger partial charge in [-0.25, -0.2) is 4.79 Å². The maximum Gasteiger partial charge on any atom is 0.337 e. The summed E-state index contributed by atoms with van der Waals surface area (Å²) >= 11 is 0. The number of carbonyl (C=O) groups excluding carboxylic acids is 3. The number of para-hydroxylation sites is 1. The predicted octanol–water partition coefficient (Wildman–Crippen LogP) is 3.34. The minimum Gasteiger partial charge on any atom is -0.465 e. The molecule has 1 aliphatic heterocycles. The van der Waals surface area contributed by atoms with Crippen molar-refractivity contribution in [2.24, 2.45) is 5.92 Å². The van der Waals surface area contributed by atoms with Gasteiger partial charge in [0.15, 0.2) is 0 Å². The van der Waals surface area contributed by atoms with Crippen LogP contribution >= 0.6 is 0 Å². The zero-order valence-corrected chi connectivity index (χ0v) is 16.3. The zero-order chi connectivity index (χ0) is 20.3. The van der Waals surface area contributed by atoms with Crippen LogP contribution in [0.4, 0.5) is 11.4 Å². The predicted molar refractivity (Wildman–Crippen MR) is 107 cm³/mol. The number of nitrogens with zero attached hydrogens (tertiary/aromatic N) is 1. The molecule has 2 aromatic carbocycles. The van der Waals surface area contributed by atoms with Crippen molar-refractivity contribution >= 4 is 29.2 Å². The number of carbonyl (C=O) groups is 3. The summed E-state index contributed by atoms with van der Waals surface area (Å²) in [6.45, 7) is 4.40. The maximum atomic E-state index is 12.7. The third-order valence-corrected chi connectivity index (χ3v) is 5.04. The fourth-order valence-electron chi connectivity index (χ4n) is 3.54. The molecule has 1 fully saturated rings. The molecule has 0 radical (unpaired) electrons. The normalized spacial score (nSPS) is 16.2. The lowest BCUT2D eigenvalue weighted by Gasteiger charge is -2.22. The minimum atomic E-state index is -0.431. The lowest BCUT2D eigenvalue weighted by Crippen LogP contribution is -2.29. The third-order valence-electron chi connectivity index (χ3n) is 5.04. The lowest BCUT2D eigenvalue weighted by molar-refractivity contribution is -0.122. The molecule has 6 nitrogen and oxygen atoms in total. The van der Waals surface area contributed by atoms with Crippen molar-refractivity contribution < 1.29 is 19.1 Å². The molecule has 1 aliphatic rings. The second kappa shape index (κ2) is 8.25. The van der Waals surface area contributed by atoms with Gasteiger partial charge in [0.2, 0.25) is 11.8 Å². The van der Waals surface area contributed by atoms with Crippen LogP contribution < -0.4 is 10.2 Å². The Hall–Kier alpha value is -3.15. The lowest BCUT2D eigenvalue weighted by atomic mass is 10.0. The van der Waals surface area contributed by atoms with Crippen molar-refractivity contribution in [2.45, 2.75) is 26.7 Å². The van der Waals surface area contributed by atoms with E-state index < -0.39 is 11.9 Å². The number of aryl methyl sites for hydroxylation is 2. The summed E-state index contributed by atoms with van der Waals surface area (Å²) in [5.74, 6) is -1.09. The number of methoxy groups -OCH3 is 1. The quantitative estimate of drug-likeness (QED) is 0.808. The molecule has 2 aromatic rings. The highest BCUT2D eigenvalue weighted by Crippen LogP contribution is 2.32. The molecule has 1 unspecified atom stereocenters. The first kappa shape index (κ1) is 19.6. The van der Waals surface area contributed by atoms with E-state index in [1.807, 2.05) is 25.1 Å². The highest BCUT2D eigenvalue weighted by atomic mass is 16.5. The van der Waals surface area contributed by atoms with Crippen molar-refractivity contribution in [3.63, 3.8) is 0 Å². The first-order chi connectivity index (χ1) is 13.4. The molecule has 1 saturated heterocycles. The molecule has 2 amide bonds. The molecule has 0 bridgehead atoms. The van der Waals surface area contributed by atoms with E-state index in [1.54, 1.807) is 29.2 Å². The Morgan fingerprint density at radius 2 is 1.89 bits per heavy atom. The van der Waals surface area contributed by atoms with E-state index in [-0.39, 0.29) is 18.2 Å². The molecule has 3 rings (SSSR count). The van der Waals surface area contributed by atoms with Crippen molar-refractivity contribution in [1.29, 1.82) is 0 Å². The maximum absolute atomic E-state index is 12.7. The number of esters is 1. The summed E-state index contributed by atoms with van der Waals surface area (Å²) in [6.07, 6.45) is 1.01. The number of nitrogens with one attached hydrogen (secondary N) is 1. The van der Waals surface area contributed by atoms with Gasteiger partial charge in [-0.1, -0.05) is 25.1 Å². The summed E-state index contributed by atoms with van der Waals surface area (Å²) in [5, 5.41) is 2.83. The standard InChI is InChI=1S/C22H24N2O4/c1-4-15-7-5-6-14(2)20(15)24-13-17(12-19(24)25)21(26)23-18-10-8-16(9-11-18)22(27)28-3/h5-11,17H,4,12-13H2,1-3H3,(H,23,26). The average Bonchev–Trinajstić information content (AvgIpc) is 3.09. The highest BCUT2D eigenvalue weighted by Gasteiger charge is 2.36. The molecule has 1 N–H and O–H groups in total. The fraction of sp³-hybridized carbons (Fsp3) is 0.318. The highest BCUT2D eigenvalue weighted by molar-refractivity contribution is 6.04. The van der Waals surface area contributed by atoms with Crippen LogP contribution in [0.2, 0.25) is 0 Å². The summed E-state index contributed by atoms with van der Waals surface area (Å²) < 4.78 is 4.66. The van der Waals surface area contributed by atoms with Gasteiger partial charge < -0.3 is 15.0 Å². The minimum absolute atomic E-state index is 0.0369. The van der Waals surface area contributed by atoms with Crippen LogP contribution in [-0.2, 0) is 20.7 Å². The van der Waals surface area contributed by atoms with E-state index in [0.717, 1.165) is 23.2 Å². The Labute approximate surface area is 164 Å². The third kappa shape index (κ3) is 3.91. The van der Waals surface area contributed by atoms with Crippen LogP contribution in [0, 0.1) is 12.8 Å². The molecule has 1 atom stereocenters. The van der Waals surface area contributed by atoms with E-state index >= 15 is 0 Å². The molecule has 0 spiro atoms. The van der Waals surface area contributed by atoms with Crippen LogP contribution in [0.25, 0.3) is 0 Å². The summed E-state index contributed by atoms with van der Waals surface area (Å²) in [7, 11) is 1.32. The Morgan fingerprint density at radius 3 is 2.54 bits per heavy atom. The Balaban J connectivity index is 1.71. The number of anilines is 2. The Morgan fingerprint density at radius 1 is 1.18 bits per heavy atom. The second-order valence-electron chi connectivity index (χ2n) is 6.90. The fourth-order valence-corrected chi connectivity index (χ4v) is 3.54. The summed E-state index contributed by atoms with van der Waals surface area (Å²) in [6, 6.07) is 12.5. The molecule has 28 heavy (non-hydrogen) atoms. The topological polar surface area (TPSA) is 75.7 Å². The Bertz CT molecular complexity index is 905. The number of hydrogen-bond acceptors (Lipinski definition) is 4. The van der Waals surface area contributed by atoms with Crippen LogP contribution in [-0.4, -0.2) is 31.4 Å². The average molecular weight is 380 g/mol. The van der Waals surface area contributed by atoms with Gasteiger partial charge >= 0.3 is 5.97 Å². The van der Waals surface area contributed by atoms with Gasteiger partial charge in [-0.05, 0) is 48.7 Å². The first-order valence-corrected chi connectivity index (χ1v) is 9.32. The van der Waals surface area contributed by atoms with E-state index in [2.05, 4.69) is 17.0 Å². The molecule has 6 heteroatoms. The first-order valence-electron chi connectivity index (χ1n) is 9.32. The smallest absolute Gasteiger partial charge is 0.337 e. The van der Waals surface area contributed by atoms with Crippen molar-refractivity contribution in [3.05, 3.63) is 59.2 Å². The SMILES string of the molecule is CCc1cccc(C)c1N1CC(C(=O)Nc2ccc(C(=O)OC)cc2)CC1=O. The molecule has 0 aliphatic carbocycles. The summed E-state index contributed by atoms with van der Waals surface area (Å²) in [5.41, 5.74) is 4.05. The van der Waals surface area contributed by atoms with Crippen LogP contribution in [0.15, 0.2) is 42.5 Å². The zero-order valence-electron chi connectivity index (χ0n) is 16.3. The van der Waals surface area contributed by atoms with Gasteiger partial charge in [-0.2, -0.15) is 0 Å². The molecule has 0 aromatic heterocycles. The van der Waals surface area contributed by atoms with Crippen LogP contribution in [0.1, 0.15) is 34.8 Å². The largest absolute Gasteiger partial charge is 0.465 e. The molecular weight excluding hydrogens is 356 g/mol. The van der Waals surface area contributed by atoms with Crippen molar-refractivity contribution in [2.75, 3.05) is 23.9 Å². The van der Waals surface area contributed by atoms with Crippen molar-refractivity contribution in [1.82, 2.24) is 0 Å². The second-order valence-corrected chi connectivity index (χ2v) is 6.90. The molecule has 146 valence electrons. The molecule has 1 heterocycles. The van der Waals surface area contributed by atoms with Gasteiger partial charge in [0.25, 0.3) is 0 Å². The van der Waals surface area contributed by atoms with Crippen LogP contribution in [0.3, 0.4) is 0 Å². The number of rotatable bonds is 5. The van der Waals surface area contributed by atoms with E-state index in [0.29, 0.717) is 17.8 Å². The van der Waals surface area contributed by atoms with E-state index in [9.17, 15) is 14.4 Å². The van der Waals surface area contributed by atoms with Gasteiger partial charge in [0, 0.05) is 24.3 Å². The Kier molecular flexibility index (Phi) is 5.78. The van der Waals surface area contributed by atoms with Gasteiger partial charge in [0.05, 0.1) is 18.6 Å². The molecule has 0 saturated carbocycles. The number of ether oxygens (including phenoxy) is 1. The van der Waals surface area contributed by atoms with Gasteiger partial charge in [0.1, 0.15) is 0 Å². The number of hydrogen-bond donors (Lipinski definition) is 1. The van der Waals surface area contributed by atoms with E-state index in [4.69, 9.17) is 0 Å². The number of benzene rings is 2. The van der Waals surface area contributed by atoms with E-state index in [1.165, 1.54) is 7.11 Å². The number of amides is 2.